The topological polar surface area (TPSA) is 72.5 Å². The highest BCUT2D eigenvalue weighted by atomic mass is 16.5. The van der Waals surface area contributed by atoms with Crippen LogP contribution >= 0.6 is 0 Å². The molecule has 0 radical (unpaired) electrons. The van der Waals surface area contributed by atoms with Crippen LogP contribution in [-0.4, -0.2) is 51.1 Å². The second-order valence-corrected chi connectivity index (χ2v) is 6.84. The Labute approximate surface area is 159 Å². The van der Waals surface area contributed by atoms with E-state index in [1.54, 1.807) is 0 Å². The molecule has 0 aliphatic carbocycles. The smallest absolute Gasteiger partial charge is 0.242 e. The van der Waals surface area contributed by atoms with Crippen LogP contribution in [0, 0.1) is 0 Å². The summed E-state index contributed by atoms with van der Waals surface area (Å²) in [6.45, 7) is 6.72. The summed E-state index contributed by atoms with van der Waals surface area (Å²) in [6, 6.07) is 4.14. The molecule has 1 fully saturated rings. The van der Waals surface area contributed by atoms with E-state index in [1.165, 1.54) is 19.3 Å². The van der Waals surface area contributed by atoms with Crippen molar-refractivity contribution < 1.29 is 4.74 Å². The fourth-order valence-electron chi connectivity index (χ4n) is 3.67. The van der Waals surface area contributed by atoms with Gasteiger partial charge in [0.1, 0.15) is 12.0 Å². The maximum absolute atomic E-state index is 5.67. The first-order chi connectivity index (χ1) is 13.2. The molecule has 0 aromatic carbocycles. The van der Waals surface area contributed by atoms with Crippen LogP contribution in [0.2, 0.25) is 0 Å². The number of nitrogens with zero attached hydrogens (tertiary/aromatic N) is 6. The average molecular weight is 369 g/mol. The van der Waals surface area contributed by atoms with Crippen molar-refractivity contribution in [3.63, 3.8) is 0 Å². The second-order valence-electron chi connectivity index (χ2n) is 6.84. The monoisotopic (exact) mass is 369 g/mol. The minimum Gasteiger partial charge on any atom is -0.357 e. The van der Waals surface area contributed by atoms with Gasteiger partial charge in [-0.1, -0.05) is 0 Å². The Morgan fingerprint density at radius 2 is 2.04 bits per heavy atom. The zero-order valence-corrected chi connectivity index (χ0v) is 16.2. The molecule has 1 atom stereocenters. The van der Waals surface area contributed by atoms with Crippen LogP contribution in [0.3, 0.4) is 0 Å². The van der Waals surface area contributed by atoms with Crippen LogP contribution < -0.4 is 10.2 Å². The van der Waals surface area contributed by atoms with Gasteiger partial charge in [0.05, 0.1) is 6.20 Å². The van der Waals surface area contributed by atoms with Crippen molar-refractivity contribution in [1.82, 2.24) is 24.4 Å². The van der Waals surface area contributed by atoms with Crippen LogP contribution in [0.15, 0.2) is 24.5 Å². The Morgan fingerprint density at radius 1 is 1.22 bits per heavy atom. The Hall–Kier alpha value is -2.61. The predicted octanol–water partition coefficient (Wildman–Crippen LogP) is 3.18. The number of hydrogen-bond acceptors (Lipinski definition) is 6. The number of anilines is 2. The average Bonchev–Trinajstić information content (AvgIpc) is 3.35. The van der Waals surface area contributed by atoms with Gasteiger partial charge in [0.15, 0.2) is 5.65 Å². The Morgan fingerprint density at radius 3 is 2.78 bits per heavy atom. The number of rotatable bonds is 6. The van der Waals surface area contributed by atoms with E-state index in [0.29, 0.717) is 12.6 Å². The van der Waals surface area contributed by atoms with Crippen molar-refractivity contribution in [1.29, 1.82) is 0 Å². The number of pyridine rings is 1. The molecular weight excluding hydrogens is 342 g/mol. The minimum absolute atomic E-state index is 0.0896. The summed E-state index contributed by atoms with van der Waals surface area (Å²) in [5, 5.41) is 12.2. The van der Waals surface area contributed by atoms with E-state index in [0.717, 1.165) is 35.7 Å². The van der Waals surface area contributed by atoms with Crippen molar-refractivity contribution in [2.45, 2.75) is 39.3 Å². The lowest BCUT2D eigenvalue weighted by Gasteiger charge is -2.30. The number of aromatic nitrogens is 5. The summed E-state index contributed by atoms with van der Waals surface area (Å²) in [7, 11) is 1.84. The molecule has 8 heteroatoms. The number of piperidine rings is 1. The molecule has 4 heterocycles. The second kappa shape index (κ2) is 7.56. The van der Waals surface area contributed by atoms with E-state index in [4.69, 9.17) is 4.74 Å². The first-order valence-corrected chi connectivity index (χ1v) is 9.70. The molecule has 0 saturated carbocycles. The standard InChI is InChI=1S/C19H27N7O/c1-4-27-14(2)25-13-15(12-21-25)16-8-9-17-22-19(20-3)23-26(17)18(16)24-10-6-5-7-11-24/h8-9,12-14H,4-7,10-11H2,1-3H3,(H,20,23). The lowest BCUT2D eigenvalue weighted by Crippen LogP contribution is -2.31. The lowest BCUT2D eigenvalue weighted by atomic mass is 10.1. The zero-order chi connectivity index (χ0) is 18.8. The van der Waals surface area contributed by atoms with Gasteiger partial charge in [-0.05, 0) is 45.2 Å². The van der Waals surface area contributed by atoms with Crippen molar-refractivity contribution in [2.24, 2.45) is 0 Å². The van der Waals surface area contributed by atoms with Crippen molar-refractivity contribution >= 4 is 17.4 Å². The summed E-state index contributed by atoms with van der Waals surface area (Å²) < 4.78 is 9.48. The van der Waals surface area contributed by atoms with Gasteiger partial charge in [-0.15, -0.1) is 5.10 Å². The van der Waals surface area contributed by atoms with Gasteiger partial charge in [-0.25, -0.2) is 4.68 Å². The highest BCUT2D eigenvalue weighted by Gasteiger charge is 2.22. The van der Waals surface area contributed by atoms with E-state index in [-0.39, 0.29) is 6.23 Å². The summed E-state index contributed by atoms with van der Waals surface area (Å²) in [5.74, 6) is 1.72. The molecule has 3 aromatic rings. The quantitative estimate of drug-likeness (QED) is 0.719. The molecule has 0 spiro atoms. The van der Waals surface area contributed by atoms with Gasteiger partial charge in [0, 0.05) is 44.1 Å². The van der Waals surface area contributed by atoms with Crippen LogP contribution in [-0.2, 0) is 4.74 Å². The first-order valence-electron chi connectivity index (χ1n) is 9.70. The van der Waals surface area contributed by atoms with Crippen LogP contribution in [0.1, 0.15) is 39.3 Å². The molecular formula is C19H27N7O. The van der Waals surface area contributed by atoms with E-state index in [2.05, 4.69) is 31.5 Å². The van der Waals surface area contributed by atoms with E-state index in [9.17, 15) is 0 Å². The number of ether oxygens (including phenoxy) is 1. The summed E-state index contributed by atoms with van der Waals surface area (Å²) in [4.78, 5) is 6.97. The highest BCUT2D eigenvalue weighted by Crippen LogP contribution is 2.33. The molecule has 8 nitrogen and oxygen atoms in total. The fourth-order valence-corrected chi connectivity index (χ4v) is 3.67. The molecule has 1 aliphatic rings. The predicted molar refractivity (Wildman–Crippen MR) is 106 cm³/mol. The zero-order valence-electron chi connectivity index (χ0n) is 16.2. The largest absolute Gasteiger partial charge is 0.357 e. The molecule has 1 unspecified atom stereocenters. The van der Waals surface area contributed by atoms with E-state index in [1.807, 2.05) is 48.6 Å². The van der Waals surface area contributed by atoms with Gasteiger partial charge < -0.3 is 15.0 Å². The van der Waals surface area contributed by atoms with Crippen LogP contribution in [0.25, 0.3) is 16.8 Å². The van der Waals surface area contributed by atoms with Gasteiger partial charge in [-0.3, -0.25) is 0 Å². The minimum atomic E-state index is -0.0896. The van der Waals surface area contributed by atoms with Gasteiger partial charge >= 0.3 is 0 Å². The third-order valence-electron chi connectivity index (χ3n) is 5.04. The molecule has 1 saturated heterocycles. The van der Waals surface area contributed by atoms with Crippen LogP contribution in [0.5, 0.6) is 0 Å². The van der Waals surface area contributed by atoms with Crippen molar-refractivity contribution in [2.75, 3.05) is 37.0 Å². The summed E-state index contributed by atoms with van der Waals surface area (Å²) >= 11 is 0. The molecule has 144 valence electrons. The SMILES string of the molecule is CCOC(C)n1cc(-c2ccc3nc(NC)nn3c2N2CCCCC2)cn1. The summed E-state index contributed by atoms with van der Waals surface area (Å²) in [6.07, 6.45) is 7.54. The Bertz CT molecular complexity index is 910. The molecule has 0 amide bonds. The maximum atomic E-state index is 5.67. The molecule has 27 heavy (non-hydrogen) atoms. The maximum Gasteiger partial charge on any atom is 0.242 e. The molecule has 3 aromatic heterocycles. The normalized spacial score (nSPS) is 16.0. The molecule has 0 bridgehead atoms. The van der Waals surface area contributed by atoms with E-state index >= 15 is 0 Å². The van der Waals surface area contributed by atoms with E-state index < -0.39 is 0 Å². The number of hydrogen-bond donors (Lipinski definition) is 1. The number of nitrogens with one attached hydrogen (secondary N) is 1. The lowest BCUT2D eigenvalue weighted by molar-refractivity contribution is 0.0160. The Kier molecular flexibility index (Phi) is 4.98. The van der Waals surface area contributed by atoms with Gasteiger partial charge in [0.2, 0.25) is 5.95 Å². The third-order valence-corrected chi connectivity index (χ3v) is 5.04. The fraction of sp³-hybridized carbons (Fsp3) is 0.526. The van der Waals surface area contributed by atoms with Gasteiger partial charge in [0.25, 0.3) is 0 Å². The van der Waals surface area contributed by atoms with Gasteiger partial charge in [-0.2, -0.15) is 14.6 Å². The van der Waals surface area contributed by atoms with Crippen molar-refractivity contribution in [3.05, 3.63) is 24.5 Å². The first kappa shape index (κ1) is 17.8. The summed E-state index contributed by atoms with van der Waals surface area (Å²) in [5.41, 5.74) is 3.02. The molecule has 1 aliphatic heterocycles. The third kappa shape index (κ3) is 3.37. The highest BCUT2D eigenvalue weighted by molar-refractivity contribution is 5.78. The van der Waals surface area contributed by atoms with Crippen LogP contribution in [0.4, 0.5) is 11.8 Å². The molecule has 1 N–H and O–H groups in total. The van der Waals surface area contributed by atoms with Crippen molar-refractivity contribution in [3.8, 4) is 11.1 Å². The number of fused-ring (bicyclic) bond motifs is 1. The molecule has 4 rings (SSSR count). The Balaban J connectivity index is 1.82.